The molecule has 1 N–H and O–H groups in total. The predicted molar refractivity (Wildman–Crippen MR) is 107 cm³/mol. The molecule has 0 aliphatic carbocycles. The van der Waals surface area contributed by atoms with Crippen LogP contribution in [0.4, 0.5) is 0 Å². The van der Waals surface area contributed by atoms with Gasteiger partial charge in [0.15, 0.2) is 0 Å². The van der Waals surface area contributed by atoms with Crippen LogP contribution in [0.1, 0.15) is 25.5 Å². The number of aromatic nitrogens is 4. The molecule has 2 aromatic heterocycles. The third-order valence-electron chi connectivity index (χ3n) is 4.40. The van der Waals surface area contributed by atoms with Gasteiger partial charge in [0.25, 0.3) is 5.78 Å². The van der Waals surface area contributed by atoms with Gasteiger partial charge in [-0.1, -0.05) is 54.2 Å². The number of rotatable bonds is 5. The maximum atomic E-state index is 12.7. The average Bonchev–Trinajstić information content (AvgIpc) is 3.09. The monoisotopic (exact) mass is 377 g/mol. The van der Waals surface area contributed by atoms with Crippen molar-refractivity contribution in [3.05, 3.63) is 66.5 Å². The number of benzene rings is 2. The fourth-order valence-corrected chi connectivity index (χ4v) is 3.77. The fraction of sp³-hybridized carbons (Fsp3) is 0.200. The minimum Gasteiger partial charge on any atom is -0.349 e. The van der Waals surface area contributed by atoms with E-state index in [0.717, 1.165) is 10.9 Å². The highest BCUT2D eigenvalue weighted by molar-refractivity contribution is 8.00. The number of thioether (sulfide) groups is 1. The van der Waals surface area contributed by atoms with E-state index < -0.39 is 0 Å². The number of amides is 1. The van der Waals surface area contributed by atoms with Crippen molar-refractivity contribution in [3.8, 4) is 0 Å². The maximum Gasteiger partial charge on any atom is 0.253 e. The van der Waals surface area contributed by atoms with Crippen LogP contribution in [0.3, 0.4) is 0 Å². The highest BCUT2D eigenvalue weighted by Gasteiger charge is 2.20. The van der Waals surface area contributed by atoms with Crippen LogP contribution in [0.25, 0.3) is 16.6 Å². The van der Waals surface area contributed by atoms with Gasteiger partial charge in [0.2, 0.25) is 11.1 Å². The number of hydrogen-bond acceptors (Lipinski definition) is 5. The smallest absolute Gasteiger partial charge is 0.253 e. The molecule has 0 radical (unpaired) electrons. The zero-order valence-corrected chi connectivity index (χ0v) is 15.9. The maximum absolute atomic E-state index is 12.7. The van der Waals surface area contributed by atoms with E-state index in [9.17, 15) is 4.79 Å². The fourth-order valence-electron chi connectivity index (χ4n) is 3.01. The Morgan fingerprint density at radius 1 is 1.11 bits per heavy atom. The lowest BCUT2D eigenvalue weighted by atomic mass is 9.99. The molecule has 2 heterocycles. The van der Waals surface area contributed by atoms with Crippen LogP contribution >= 0.6 is 11.8 Å². The van der Waals surface area contributed by atoms with Crippen molar-refractivity contribution in [3.63, 3.8) is 0 Å². The van der Waals surface area contributed by atoms with Crippen molar-refractivity contribution in [1.82, 2.24) is 24.9 Å². The minimum absolute atomic E-state index is 0.0488. The van der Waals surface area contributed by atoms with Gasteiger partial charge in [0.05, 0.1) is 11.3 Å². The first-order chi connectivity index (χ1) is 13.1. The normalized spacial score (nSPS) is 13.6. The number of nitrogens with zero attached hydrogens (tertiary/aromatic N) is 4. The topological polar surface area (TPSA) is 72.2 Å². The van der Waals surface area contributed by atoms with Crippen molar-refractivity contribution in [2.24, 2.45) is 0 Å². The van der Waals surface area contributed by atoms with Crippen LogP contribution in [0.5, 0.6) is 0 Å². The summed E-state index contributed by atoms with van der Waals surface area (Å²) in [5.41, 5.74) is 1.11. The second kappa shape index (κ2) is 7.36. The summed E-state index contributed by atoms with van der Waals surface area (Å²) in [5, 5.41) is 9.98. The van der Waals surface area contributed by atoms with E-state index in [1.807, 2.05) is 32.0 Å². The summed E-state index contributed by atoms with van der Waals surface area (Å²) in [6.45, 7) is 3.86. The van der Waals surface area contributed by atoms with Crippen LogP contribution in [0, 0.1) is 0 Å². The molecule has 1 amide bonds. The molecule has 0 fully saturated rings. The summed E-state index contributed by atoms with van der Waals surface area (Å²) in [5.74, 6) is 0.476. The van der Waals surface area contributed by atoms with Crippen LogP contribution in [-0.4, -0.2) is 30.7 Å². The van der Waals surface area contributed by atoms with Crippen molar-refractivity contribution < 1.29 is 4.79 Å². The van der Waals surface area contributed by atoms with Crippen LogP contribution in [-0.2, 0) is 4.79 Å². The Bertz CT molecular complexity index is 1070. The molecule has 0 aliphatic heterocycles. The van der Waals surface area contributed by atoms with Gasteiger partial charge in [-0.3, -0.25) is 4.79 Å². The van der Waals surface area contributed by atoms with E-state index in [1.54, 1.807) is 23.0 Å². The van der Waals surface area contributed by atoms with Gasteiger partial charge >= 0.3 is 0 Å². The predicted octanol–water partition coefficient (Wildman–Crippen LogP) is 3.64. The van der Waals surface area contributed by atoms with Crippen LogP contribution in [0.2, 0.25) is 0 Å². The van der Waals surface area contributed by atoms with E-state index in [-0.39, 0.29) is 17.2 Å². The molecule has 27 heavy (non-hydrogen) atoms. The van der Waals surface area contributed by atoms with Gasteiger partial charge in [-0.25, -0.2) is 9.50 Å². The van der Waals surface area contributed by atoms with Crippen molar-refractivity contribution in [2.45, 2.75) is 30.3 Å². The highest BCUT2D eigenvalue weighted by atomic mass is 32.2. The van der Waals surface area contributed by atoms with Gasteiger partial charge in [-0.05, 0) is 36.2 Å². The van der Waals surface area contributed by atoms with E-state index in [4.69, 9.17) is 0 Å². The molecule has 4 rings (SSSR count). The molecule has 0 saturated carbocycles. The molecule has 7 heteroatoms. The summed E-state index contributed by atoms with van der Waals surface area (Å²) in [4.78, 5) is 21.2. The Morgan fingerprint density at radius 3 is 2.78 bits per heavy atom. The highest BCUT2D eigenvalue weighted by Crippen LogP contribution is 2.25. The standard InChI is InChI=1S/C20H19N5OS/c1-13(16-10-5-8-15-7-3-4-9-17(15)16)22-18(26)14(2)27-20-23-19-21-11-6-12-25(19)24-20/h3-14H,1-2H3,(H,22,26). The Hall–Kier alpha value is -2.93. The Kier molecular flexibility index (Phi) is 4.77. The second-order valence-electron chi connectivity index (χ2n) is 6.32. The minimum atomic E-state index is -0.320. The van der Waals surface area contributed by atoms with E-state index in [2.05, 4.69) is 44.6 Å². The lowest BCUT2D eigenvalue weighted by molar-refractivity contribution is -0.120. The Balaban J connectivity index is 1.47. The molecule has 0 bridgehead atoms. The van der Waals surface area contributed by atoms with E-state index >= 15 is 0 Å². The molecule has 6 nitrogen and oxygen atoms in total. The first-order valence-corrected chi connectivity index (χ1v) is 9.62. The molecule has 0 saturated heterocycles. The third-order valence-corrected chi connectivity index (χ3v) is 5.35. The molecule has 2 atom stereocenters. The molecule has 136 valence electrons. The number of fused-ring (bicyclic) bond motifs is 2. The van der Waals surface area contributed by atoms with Crippen molar-refractivity contribution in [2.75, 3.05) is 0 Å². The van der Waals surface area contributed by atoms with Crippen molar-refractivity contribution >= 4 is 34.2 Å². The van der Waals surface area contributed by atoms with E-state index in [0.29, 0.717) is 10.9 Å². The number of hydrogen-bond donors (Lipinski definition) is 1. The summed E-state index contributed by atoms with van der Waals surface area (Å²) in [6, 6.07) is 16.0. The van der Waals surface area contributed by atoms with Gasteiger partial charge in [-0.2, -0.15) is 4.98 Å². The van der Waals surface area contributed by atoms with Gasteiger partial charge in [0.1, 0.15) is 0 Å². The number of carbonyl (C=O) groups is 1. The molecule has 4 aromatic rings. The summed E-state index contributed by atoms with van der Waals surface area (Å²) < 4.78 is 1.60. The summed E-state index contributed by atoms with van der Waals surface area (Å²) in [7, 11) is 0. The SMILES string of the molecule is CC(Sc1nc2ncccn2n1)C(=O)NC(C)c1cccc2ccccc12. The quantitative estimate of drug-likeness (QED) is 0.538. The van der Waals surface area contributed by atoms with Crippen LogP contribution < -0.4 is 5.32 Å². The average molecular weight is 377 g/mol. The van der Waals surface area contributed by atoms with Gasteiger partial charge < -0.3 is 5.32 Å². The molecule has 2 aromatic carbocycles. The molecule has 0 aliphatic rings. The van der Waals surface area contributed by atoms with Crippen LogP contribution in [0.15, 0.2) is 66.1 Å². The lowest BCUT2D eigenvalue weighted by Crippen LogP contribution is -2.33. The first kappa shape index (κ1) is 17.5. The van der Waals surface area contributed by atoms with E-state index in [1.165, 1.54) is 17.1 Å². The van der Waals surface area contributed by atoms with Gasteiger partial charge in [-0.15, -0.1) is 5.10 Å². The molecule has 0 spiro atoms. The molecular formula is C20H19N5OS. The second-order valence-corrected chi connectivity index (χ2v) is 7.63. The third kappa shape index (κ3) is 3.64. The zero-order valence-electron chi connectivity index (χ0n) is 15.0. The first-order valence-electron chi connectivity index (χ1n) is 8.74. The Labute approximate surface area is 161 Å². The molecular weight excluding hydrogens is 358 g/mol. The van der Waals surface area contributed by atoms with Crippen molar-refractivity contribution in [1.29, 1.82) is 0 Å². The number of carbonyl (C=O) groups excluding carboxylic acids is 1. The summed E-state index contributed by atoms with van der Waals surface area (Å²) in [6.07, 6.45) is 3.45. The van der Waals surface area contributed by atoms with Gasteiger partial charge in [0, 0.05) is 12.4 Å². The Morgan fingerprint density at radius 2 is 1.93 bits per heavy atom. The number of nitrogens with one attached hydrogen (secondary N) is 1. The lowest BCUT2D eigenvalue weighted by Gasteiger charge is -2.18. The zero-order chi connectivity index (χ0) is 18.8. The largest absolute Gasteiger partial charge is 0.349 e. The summed E-state index contributed by atoms with van der Waals surface area (Å²) >= 11 is 1.32. The molecule has 2 unspecified atom stereocenters.